The molecule has 1 heterocycles. The summed E-state index contributed by atoms with van der Waals surface area (Å²) in [6, 6.07) is 8.55. The number of imidazole rings is 1. The van der Waals surface area contributed by atoms with Gasteiger partial charge in [-0.25, -0.2) is 4.98 Å². The van der Waals surface area contributed by atoms with Crippen molar-refractivity contribution in [3.8, 4) is 5.69 Å². The Balaban J connectivity index is 1.56. The van der Waals surface area contributed by atoms with Gasteiger partial charge in [-0.3, -0.25) is 0 Å². The van der Waals surface area contributed by atoms with Crippen LogP contribution in [0.3, 0.4) is 0 Å². The van der Waals surface area contributed by atoms with Gasteiger partial charge in [-0.15, -0.1) is 0 Å². The smallest absolute Gasteiger partial charge is 0.0991 e. The van der Waals surface area contributed by atoms with Crippen molar-refractivity contribution in [1.82, 2.24) is 14.9 Å². The van der Waals surface area contributed by atoms with E-state index in [4.69, 9.17) is 0 Å². The Hall–Kier alpha value is -1.61. The molecule has 3 nitrogen and oxygen atoms in total. The van der Waals surface area contributed by atoms with E-state index in [1.54, 1.807) is 0 Å². The van der Waals surface area contributed by atoms with Gasteiger partial charge in [-0.1, -0.05) is 18.2 Å². The van der Waals surface area contributed by atoms with E-state index in [1.165, 1.54) is 30.5 Å². The molecule has 2 aromatic rings. The zero-order valence-electron chi connectivity index (χ0n) is 10.3. The standard InChI is InChI=1S/C15H17N3/c1-2-4-14(18-6-5-16-11-18)13(3-1)10-17-15-7-12(8-15)9-15/h1-6,11-12,17H,7-10H2. The van der Waals surface area contributed by atoms with Gasteiger partial charge in [0.1, 0.15) is 0 Å². The van der Waals surface area contributed by atoms with Crippen molar-refractivity contribution in [2.45, 2.75) is 31.3 Å². The first-order valence-corrected chi connectivity index (χ1v) is 6.66. The molecule has 3 saturated carbocycles. The van der Waals surface area contributed by atoms with Gasteiger partial charge in [-0.2, -0.15) is 0 Å². The maximum Gasteiger partial charge on any atom is 0.0991 e. The van der Waals surface area contributed by atoms with Crippen molar-refractivity contribution in [3.05, 3.63) is 48.5 Å². The number of para-hydroxylation sites is 1. The summed E-state index contributed by atoms with van der Waals surface area (Å²) in [6.45, 7) is 0.959. The quantitative estimate of drug-likeness (QED) is 0.888. The summed E-state index contributed by atoms with van der Waals surface area (Å²) in [7, 11) is 0. The van der Waals surface area contributed by atoms with Crippen LogP contribution in [0.1, 0.15) is 24.8 Å². The number of hydrogen-bond donors (Lipinski definition) is 1. The molecule has 1 aromatic heterocycles. The molecule has 0 unspecified atom stereocenters. The van der Waals surface area contributed by atoms with E-state index in [9.17, 15) is 0 Å². The first-order valence-electron chi connectivity index (χ1n) is 6.66. The van der Waals surface area contributed by atoms with E-state index in [0.29, 0.717) is 5.54 Å². The molecule has 1 aromatic carbocycles. The topological polar surface area (TPSA) is 29.9 Å². The number of rotatable bonds is 4. The summed E-state index contributed by atoms with van der Waals surface area (Å²) in [6.07, 6.45) is 9.85. The van der Waals surface area contributed by atoms with E-state index in [2.05, 4.69) is 39.1 Å². The average molecular weight is 239 g/mol. The van der Waals surface area contributed by atoms with Crippen LogP contribution < -0.4 is 5.32 Å². The largest absolute Gasteiger partial charge is 0.307 e. The highest BCUT2D eigenvalue weighted by atomic mass is 15.1. The van der Waals surface area contributed by atoms with Gasteiger partial charge in [-0.05, 0) is 36.8 Å². The van der Waals surface area contributed by atoms with E-state index < -0.39 is 0 Å². The third-order valence-corrected chi connectivity index (χ3v) is 4.47. The maximum absolute atomic E-state index is 4.13. The summed E-state index contributed by atoms with van der Waals surface area (Å²) in [5.41, 5.74) is 3.07. The maximum atomic E-state index is 4.13. The summed E-state index contributed by atoms with van der Waals surface area (Å²) in [5.74, 6) is 1.03. The molecule has 5 rings (SSSR count). The highest BCUT2D eigenvalue weighted by Crippen LogP contribution is 2.57. The minimum Gasteiger partial charge on any atom is -0.307 e. The molecule has 3 heteroatoms. The van der Waals surface area contributed by atoms with Gasteiger partial charge in [0.05, 0.1) is 12.0 Å². The van der Waals surface area contributed by atoms with Crippen LogP contribution in [0.5, 0.6) is 0 Å². The minimum atomic E-state index is 0.493. The Morgan fingerprint density at radius 1 is 1.28 bits per heavy atom. The summed E-state index contributed by atoms with van der Waals surface area (Å²) < 4.78 is 2.08. The van der Waals surface area contributed by atoms with Crippen LogP contribution in [-0.2, 0) is 6.54 Å². The molecule has 3 aliphatic carbocycles. The molecule has 0 atom stereocenters. The summed E-state index contributed by atoms with van der Waals surface area (Å²) in [5, 5.41) is 3.75. The number of nitrogens with zero attached hydrogens (tertiary/aromatic N) is 2. The van der Waals surface area contributed by atoms with Crippen molar-refractivity contribution in [1.29, 1.82) is 0 Å². The van der Waals surface area contributed by atoms with Crippen molar-refractivity contribution in [2.75, 3.05) is 0 Å². The highest BCUT2D eigenvalue weighted by molar-refractivity contribution is 5.41. The zero-order chi connectivity index (χ0) is 12.0. The van der Waals surface area contributed by atoms with Crippen LogP contribution in [-0.4, -0.2) is 15.1 Å². The van der Waals surface area contributed by atoms with Crippen molar-refractivity contribution in [3.63, 3.8) is 0 Å². The van der Waals surface area contributed by atoms with Crippen molar-refractivity contribution in [2.24, 2.45) is 5.92 Å². The fraction of sp³-hybridized carbons (Fsp3) is 0.400. The second-order valence-corrected chi connectivity index (χ2v) is 5.71. The van der Waals surface area contributed by atoms with Crippen LogP contribution in [0.15, 0.2) is 43.0 Å². The van der Waals surface area contributed by atoms with Gasteiger partial charge in [0.2, 0.25) is 0 Å². The van der Waals surface area contributed by atoms with Gasteiger partial charge >= 0.3 is 0 Å². The Labute approximate surface area is 107 Å². The minimum absolute atomic E-state index is 0.493. The molecule has 1 N–H and O–H groups in total. The molecule has 0 radical (unpaired) electrons. The fourth-order valence-corrected chi connectivity index (χ4v) is 3.29. The number of nitrogens with one attached hydrogen (secondary N) is 1. The lowest BCUT2D eigenvalue weighted by molar-refractivity contribution is -0.0519. The van der Waals surface area contributed by atoms with Crippen LogP contribution >= 0.6 is 0 Å². The van der Waals surface area contributed by atoms with Crippen LogP contribution in [0, 0.1) is 5.92 Å². The number of aromatic nitrogens is 2. The third kappa shape index (κ3) is 1.51. The van der Waals surface area contributed by atoms with Gasteiger partial charge < -0.3 is 9.88 Å². The SMILES string of the molecule is c1ccc(-n2ccnc2)c(CNC23CC(C2)C3)c1. The van der Waals surface area contributed by atoms with E-state index in [0.717, 1.165) is 12.5 Å². The number of hydrogen-bond acceptors (Lipinski definition) is 2. The van der Waals surface area contributed by atoms with Gasteiger partial charge in [0.15, 0.2) is 0 Å². The van der Waals surface area contributed by atoms with E-state index in [-0.39, 0.29) is 0 Å². The lowest BCUT2D eigenvalue weighted by Gasteiger charge is -2.62. The third-order valence-electron chi connectivity index (χ3n) is 4.47. The molecule has 3 aliphatic rings. The monoisotopic (exact) mass is 239 g/mol. The first kappa shape index (κ1) is 10.3. The molecular formula is C15H17N3. The van der Waals surface area contributed by atoms with Crippen LogP contribution in [0.4, 0.5) is 0 Å². The number of benzene rings is 1. The van der Waals surface area contributed by atoms with E-state index >= 15 is 0 Å². The molecule has 0 aliphatic heterocycles. The molecule has 0 saturated heterocycles. The highest BCUT2D eigenvalue weighted by Gasteiger charge is 2.55. The lowest BCUT2D eigenvalue weighted by Crippen LogP contribution is -2.66. The van der Waals surface area contributed by atoms with Crippen molar-refractivity contribution >= 4 is 0 Å². The fourth-order valence-electron chi connectivity index (χ4n) is 3.29. The molecule has 2 bridgehead atoms. The summed E-state index contributed by atoms with van der Waals surface area (Å²) in [4.78, 5) is 4.13. The molecule has 0 amide bonds. The molecule has 18 heavy (non-hydrogen) atoms. The van der Waals surface area contributed by atoms with Crippen LogP contribution in [0.2, 0.25) is 0 Å². The Morgan fingerprint density at radius 3 is 2.78 bits per heavy atom. The van der Waals surface area contributed by atoms with E-state index in [1.807, 2.05) is 18.7 Å². The second-order valence-electron chi connectivity index (χ2n) is 5.71. The molecule has 3 fully saturated rings. The first-order chi connectivity index (χ1) is 8.85. The second kappa shape index (κ2) is 3.69. The Morgan fingerprint density at radius 2 is 2.11 bits per heavy atom. The zero-order valence-corrected chi connectivity index (χ0v) is 10.3. The van der Waals surface area contributed by atoms with Gasteiger partial charge in [0, 0.05) is 24.5 Å². The molecule has 0 spiro atoms. The molecule has 92 valence electrons. The Bertz CT molecular complexity index is 542. The van der Waals surface area contributed by atoms with Gasteiger partial charge in [0.25, 0.3) is 0 Å². The molecular weight excluding hydrogens is 222 g/mol. The predicted octanol–water partition coefficient (Wildman–Crippen LogP) is 2.51. The van der Waals surface area contributed by atoms with Crippen molar-refractivity contribution < 1.29 is 0 Å². The lowest BCUT2D eigenvalue weighted by atomic mass is 9.50. The Kier molecular flexibility index (Phi) is 2.12. The summed E-state index contributed by atoms with van der Waals surface area (Å²) >= 11 is 0. The average Bonchev–Trinajstić information content (AvgIpc) is 2.79. The van der Waals surface area contributed by atoms with Crippen LogP contribution in [0.25, 0.3) is 5.69 Å². The predicted molar refractivity (Wildman–Crippen MR) is 70.5 cm³/mol. The normalized spacial score (nSPS) is 28.6.